The van der Waals surface area contributed by atoms with E-state index in [-0.39, 0.29) is 24.2 Å². The van der Waals surface area contributed by atoms with E-state index in [1.807, 2.05) is 18.2 Å². The number of hydrogen-bond donors (Lipinski definition) is 0. The van der Waals surface area contributed by atoms with Gasteiger partial charge in [0.25, 0.3) is 5.91 Å². The van der Waals surface area contributed by atoms with Crippen LogP contribution in [0.4, 0.5) is 0 Å². The first-order chi connectivity index (χ1) is 16.6. The summed E-state index contributed by atoms with van der Waals surface area (Å²) in [5, 5.41) is 9.23. The highest BCUT2D eigenvalue weighted by Gasteiger charge is 2.28. The fourth-order valence-electron chi connectivity index (χ4n) is 4.15. The molecular weight excluding hydrogens is 428 g/mol. The van der Waals surface area contributed by atoms with Crippen molar-refractivity contribution in [3.63, 3.8) is 0 Å². The molecule has 1 heterocycles. The maximum atomic E-state index is 13.1. The fraction of sp³-hybridized carbons (Fsp3) is 0.250. The Labute approximate surface area is 199 Å². The topological polar surface area (TPSA) is 79.6 Å². The van der Waals surface area contributed by atoms with Crippen molar-refractivity contribution in [2.24, 2.45) is 5.92 Å². The van der Waals surface area contributed by atoms with Crippen molar-refractivity contribution in [3.05, 3.63) is 95.1 Å². The Hall–Kier alpha value is -4.11. The number of benzene rings is 3. The van der Waals surface area contributed by atoms with E-state index < -0.39 is 0 Å². The van der Waals surface area contributed by atoms with E-state index in [0.29, 0.717) is 48.4 Å². The van der Waals surface area contributed by atoms with E-state index in [9.17, 15) is 14.9 Å². The average Bonchev–Trinajstić information content (AvgIpc) is 2.91. The van der Waals surface area contributed by atoms with Crippen LogP contribution in [-0.4, -0.2) is 36.8 Å². The highest BCUT2D eigenvalue weighted by atomic mass is 16.5. The Balaban J connectivity index is 1.35. The number of nitriles is 1. The molecular formula is C28H26N2O4. The number of Topliss-reactive ketones (excluding diaryl/α,β-unsaturated/α-hetero) is 1. The molecule has 6 nitrogen and oxygen atoms in total. The van der Waals surface area contributed by atoms with Gasteiger partial charge in [-0.1, -0.05) is 24.3 Å². The molecule has 0 radical (unpaired) electrons. The molecule has 1 fully saturated rings. The van der Waals surface area contributed by atoms with E-state index in [1.54, 1.807) is 66.6 Å². The largest absolute Gasteiger partial charge is 0.497 e. The van der Waals surface area contributed by atoms with Gasteiger partial charge in [-0.3, -0.25) is 9.59 Å². The molecule has 4 rings (SSSR count). The van der Waals surface area contributed by atoms with Crippen molar-refractivity contribution in [2.45, 2.75) is 19.4 Å². The zero-order valence-corrected chi connectivity index (χ0v) is 19.1. The second kappa shape index (κ2) is 10.7. The molecule has 1 aliphatic rings. The van der Waals surface area contributed by atoms with Crippen LogP contribution in [0.3, 0.4) is 0 Å². The van der Waals surface area contributed by atoms with Crippen LogP contribution in [0.25, 0.3) is 0 Å². The van der Waals surface area contributed by atoms with E-state index in [2.05, 4.69) is 6.07 Å². The number of amides is 1. The van der Waals surface area contributed by atoms with Gasteiger partial charge in [-0.15, -0.1) is 0 Å². The van der Waals surface area contributed by atoms with Gasteiger partial charge in [-0.05, 0) is 61.4 Å². The number of carbonyl (C=O) groups excluding carboxylic acids is 2. The minimum absolute atomic E-state index is 0.0711. The van der Waals surface area contributed by atoms with Gasteiger partial charge in [0.1, 0.15) is 18.1 Å². The molecule has 1 aliphatic heterocycles. The smallest absolute Gasteiger partial charge is 0.253 e. The van der Waals surface area contributed by atoms with Gasteiger partial charge in [0.05, 0.1) is 18.7 Å². The predicted octanol–water partition coefficient (Wildman–Crippen LogP) is 4.88. The Bertz CT molecular complexity index is 1210. The Morgan fingerprint density at radius 3 is 2.38 bits per heavy atom. The second-order valence-electron chi connectivity index (χ2n) is 8.24. The monoisotopic (exact) mass is 454 g/mol. The summed E-state index contributed by atoms with van der Waals surface area (Å²) < 4.78 is 11.0. The average molecular weight is 455 g/mol. The summed E-state index contributed by atoms with van der Waals surface area (Å²) in [4.78, 5) is 27.7. The summed E-state index contributed by atoms with van der Waals surface area (Å²) >= 11 is 0. The lowest BCUT2D eigenvalue weighted by atomic mass is 9.88. The van der Waals surface area contributed by atoms with Crippen LogP contribution in [0.1, 0.15) is 44.7 Å². The van der Waals surface area contributed by atoms with E-state index in [0.717, 1.165) is 11.3 Å². The first-order valence-corrected chi connectivity index (χ1v) is 11.3. The van der Waals surface area contributed by atoms with E-state index in [1.165, 1.54) is 0 Å². The van der Waals surface area contributed by atoms with Gasteiger partial charge in [0, 0.05) is 35.7 Å². The quantitative estimate of drug-likeness (QED) is 0.476. The predicted molar refractivity (Wildman–Crippen MR) is 128 cm³/mol. The number of hydrogen-bond acceptors (Lipinski definition) is 5. The maximum Gasteiger partial charge on any atom is 0.253 e. The summed E-state index contributed by atoms with van der Waals surface area (Å²) in [6.45, 7) is 1.32. The fourth-order valence-corrected chi connectivity index (χ4v) is 4.15. The number of methoxy groups -OCH3 is 1. The van der Waals surface area contributed by atoms with Crippen LogP contribution in [0, 0.1) is 17.2 Å². The summed E-state index contributed by atoms with van der Waals surface area (Å²) in [5.74, 6) is 1.24. The van der Waals surface area contributed by atoms with Gasteiger partial charge >= 0.3 is 0 Å². The molecule has 3 aromatic rings. The normalized spacial score (nSPS) is 13.7. The van der Waals surface area contributed by atoms with Gasteiger partial charge < -0.3 is 14.4 Å². The molecule has 34 heavy (non-hydrogen) atoms. The van der Waals surface area contributed by atoms with Crippen molar-refractivity contribution < 1.29 is 19.1 Å². The summed E-state index contributed by atoms with van der Waals surface area (Å²) in [6, 6.07) is 23.7. The molecule has 0 spiro atoms. The van der Waals surface area contributed by atoms with E-state index in [4.69, 9.17) is 9.47 Å². The highest BCUT2D eigenvalue weighted by Crippen LogP contribution is 2.25. The van der Waals surface area contributed by atoms with Crippen LogP contribution in [0.15, 0.2) is 72.8 Å². The van der Waals surface area contributed by atoms with Crippen LogP contribution >= 0.6 is 0 Å². The first-order valence-electron chi connectivity index (χ1n) is 11.3. The lowest BCUT2D eigenvalue weighted by Gasteiger charge is -2.31. The third-order valence-corrected chi connectivity index (χ3v) is 6.14. The van der Waals surface area contributed by atoms with Crippen molar-refractivity contribution in [1.29, 1.82) is 5.26 Å². The molecule has 1 saturated heterocycles. The molecule has 0 unspecified atom stereocenters. The SMILES string of the molecule is COc1ccc(C(=O)C2CCN(C(=O)c3cccc(OCc4ccccc4C#N)c3)CC2)cc1. The van der Waals surface area contributed by atoms with Crippen LogP contribution in [-0.2, 0) is 6.61 Å². The standard InChI is InChI=1S/C28H26N2O4/c1-33-25-11-9-20(10-12-25)27(31)21-13-15-30(16-14-21)28(32)22-7-4-8-26(17-22)34-19-24-6-3-2-5-23(24)18-29/h2-12,17,21H,13-16,19H2,1H3. The molecule has 0 N–H and O–H groups in total. The van der Waals surface area contributed by atoms with Gasteiger partial charge in [-0.2, -0.15) is 5.26 Å². The lowest BCUT2D eigenvalue weighted by molar-refractivity contribution is 0.0650. The number of likely N-dealkylation sites (tertiary alicyclic amines) is 1. The highest BCUT2D eigenvalue weighted by molar-refractivity contribution is 5.98. The summed E-state index contributed by atoms with van der Waals surface area (Å²) in [7, 11) is 1.60. The van der Waals surface area contributed by atoms with Crippen molar-refractivity contribution in [2.75, 3.05) is 20.2 Å². The Morgan fingerprint density at radius 1 is 0.941 bits per heavy atom. The minimum Gasteiger partial charge on any atom is -0.497 e. The Morgan fingerprint density at radius 2 is 1.68 bits per heavy atom. The van der Waals surface area contributed by atoms with Crippen LogP contribution in [0.5, 0.6) is 11.5 Å². The molecule has 0 aromatic heterocycles. The molecule has 6 heteroatoms. The third kappa shape index (κ3) is 5.26. The molecule has 0 saturated carbocycles. The number of piperidine rings is 1. The van der Waals surface area contributed by atoms with Crippen LogP contribution in [0.2, 0.25) is 0 Å². The molecule has 0 aliphatic carbocycles. The molecule has 172 valence electrons. The summed E-state index contributed by atoms with van der Waals surface area (Å²) in [5.41, 5.74) is 2.59. The first kappa shape index (κ1) is 23.1. The van der Waals surface area contributed by atoms with Gasteiger partial charge in [-0.25, -0.2) is 0 Å². The molecule has 0 atom stereocenters. The second-order valence-corrected chi connectivity index (χ2v) is 8.24. The lowest BCUT2D eigenvalue weighted by Crippen LogP contribution is -2.40. The Kier molecular flexibility index (Phi) is 7.24. The number of carbonyl (C=O) groups is 2. The maximum absolute atomic E-state index is 13.1. The van der Waals surface area contributed by atoms with Crippen molar-refractivity contribution >= 4 is 11.7 Å². The molecule has 3 aromatic carbocycles. The molecule has 0 bridgehead atoms. The van der Waals surface area contributed by atoms with Crippen LogP contribution < -0.4 is 9.47 Å². The zero-order valence-electron chi connectivity index (χ0n) is 19.1. The van der Waals surface area contributed by atoms with Gasteiger partial charge in [0.2, 0.25) is 0 Å². The van der Waals surface area contributed by atoms with Crippen molar-refractivity contribution in [1.82, 2.24) is 4.90 Å². The van der Waals surface area contributed by atoms with E-state index >= 15 is 0 Å². The minimum atomic E-state index is -0.0904. The molecule has 1 amide bonds. The number of ketones is 1. The third-order valence-electron chi connectivity index (χ3n) is 6.14. The number of nitrogens with zero attached hydrogens (tertiary/aromatic N) is 2. The summed E-state index contributed by atoms with van der Waals surface area (Å²) in [6.07, 6.45) is 1.27. The van der Waals surface area contributed by atoms with Gasteiger partial charge in [0.15, 0.2) is 5.78 Å². The number of rotatable bonds is 7. The van der Waals surface area contributed by atoms with Crippen molar-refractivity contribution in [3.8, 4) is 17.6 Å². The zero-order chi connectivity index (χ0) is 23.9. The number of ether oxygens (including phenoxy) is 2.